The van der Waals surface area contributed by atoms with E-state index in [9.17, 15) is 9.36 Å². The molecule has 0 aliphatic carbocycles. The molecule has 8 nitrogen and oxygen atoms in total. The van der Waals surface area contributed by atoms with Crippen molar-refractivity contribution in [2.45, 2.75) is 12.8 Å². The topological polar surface area (TPSA) is 119 Å². The van der Waals surface area contributed by atoms with Crippen LogP contribution in [-0.2, 0) is 4.57 Å². The molecule has 0 spiro atoms. The maximum Gasteiger partial charge on any atom is 0.325 e. The van der Waals surface area contributed by atoms with E-state index >= 15 is 0 Å². The summed E-state index contributed by atoms with van der Waals surface area (Å²) in [6.45, 7) is 1.35. The summed E-state index contributed by atoms with van der Waals surface area (Å²) >= 11 is 0. The molecule has 0 unspecified atom stereocenters. The molecule has 0 radical (unpaired) electrons. The third kappa shape index (κ3) is 3.35. The Kier molecular flexibility index (Phi) is 3.99. The number of nitrogens with zero attached hydrogens (tertiary/aromatic N) is 3. The lowest BCUT2D eigenvalue weighted by atomic mass is 9.99. The van der Waals surface area contributed by atoms with Crippen molar-refractivity contribution in [3.8, 4) is 0 Å². The van der Waals surface area contributed by atoms with Crippen LogP contribution in [0.15, 0.2) is 23.3 Å². The largest absolute Gasteiger partial charge is 0.356 e. The summed E-state index contributed by atoms with van der Waals surface area (Å²) in [5, 5.41) is 0.774. The fraction of sp³-hybridized carbons (Fsp3) is 0.462. The van der Waals surface area contributed by atoms with Gasteiger partial charge in [0.05, 0.1) is 11.5 Å². The van der Waals surface area contributed by atoms with Crippen LogP contribution in [0.1, 0.15) is 12.8 Å². The number of hydrogen-bond donors (Lipinski definition) is 3. The molecule has 9 heteroatoms. The quantitative estimate of drug-likeness (QED) is 0.711. The number of anilines is 1. The molecule has 1 fully saturated rings. The van der Waals surface area contributed by atoms with Crippen molar-refractivity contribution in [2.75, 3.05) is 24.2 Å². The third-order valence-electron chi connectivity index (χ3n) is 3.92. The fourth-order valence-corrected chi connectivity index (χ4v) is 3.91. The smallest absolute Gasteiger partial charge is 0.325 e. The second-order valence-electron chi connectivity index (χ2n) is 5.56. The Balaban J connectivity index is 1.79. The number of piperidine rings is 1. The van der Waals surface area contributed by atoms with Crippen molar-refractivity contribution in [2.24, 2.45) is 5.92 Å². The van der Waals surface area contributed by atoms with Crippen LogP contribution < -0.4 is 10.5 Å². The maximum atomic E-state index is 11.3. The van der Waals surface area contributed by atoms with Gasteiger partial charge < -0.3 is 19.7 Å². The van der Waals surface area contributed by atoms with Crippen molar-refractivity contribution in [1.82, 2.24) is 15.0 Å². The SMILES string of the molecule is O=c1ccc2c(N3CCC(CP(=O)(O)O)CC3)ncnc2[nH]1. The van der Waals surface area contributed by atoms with Crippen LogP contribution in [0.5, 0.6) is 0 Å². The number of aromatic nitrogens is 3. The Morgan fingerprint density at radius 3 is 2.68 bits per heavy atom. The minimum Gasteiger partial charge on any atom is -0.356 e. The lowest BCUT2D eigenvalue weighted by molar-refractivity contribution is 0.346. The molecule has 2 aromatic heterocycles. The van der Waals surface area contributed by atoms with Crippen LogP contribution >= 0.6 is 7.60 Å². The summed E-state index contributed by atoms with van der Waals surface area (Å²) in [4.78, 5) is 42.6. The van der Waals surface area contributed by atoms with Crippen LogP contribution in [0.4, 0.5) is 5.82 Å². The predicted octanol–water partition coefficient (Wildman–Crippen LogP) is 0.712. The van der Waals surface area contributed by atoms with Crippen LogP contribution in [0.25, 0.3) is 11.0 Å². The zero-order valence-corrected chi connectivity index (χ0v) is 12.7. The first-order chi connectivity index (χ1) is 10.4. The molecule has 118 valence electrons. The summed E-state index contributed by atoms with van der Waals surface area (Å²) in [5.74, 6) is 0.779. The second-order valence-corrected chi connectivity index (χ2v) is 7.25. The molecule has 22 heavy (non-hydrogen) atoms. The molecule has 0 amide bonds. The van der Waals surface area contributed by atoms with Crippen molar-refractivity contribution in [1.29, 1.82) is 0 Å². The number of H-pyrrole nitrogens is 1. The summed E-state index contributed by atoms with van der Waals surface area (Å²) in [6, 6.07) is 3.14. The molecule has 3 rings (SSSR count). The first kappa shape index (κ1) is 15.1. The Labute approximate surface area is 126 Å². The van der Waals surface area contributed by atoms with E-state index in [1.807, 2.05) is 0 Å². The molecule has 1 saturated heterocycles. The van der Waals surface area contributed by atoms with E-state index < -0.39 is 7.60 Å². The summed E-state index contributed by atoms with van der Waals surface area (Å²) in [7, 11) is -3.95. The Bertz CT molecular complexity index is 779. The van der Waals surface area contributed by atoms with E-state index in [1.165, 1.54) is 12.4 Å². The molecule has 3 heterocycles. The highest BCUT2D eigenvalue weighted by molar-refractivity contribution is 7.51. The minimum atomic E-state index is -3.95. The maximum absolute atomic E-state index is 11.3. The van der Waals surface area contributed by atoms with E-state index in [4.69, 9.17) is 9.79 Å². The van der Waals surface area contributed by atoms with Crippen molar-refractivity contribution >= 4 is 24.4 Å². The van der Waals surface area contributed by atoms with Crippen molar-refractivity contribution < 1.29 is 14.4 Å². The Morgan fingerprint density at radius 1 is 1.27 bits per heavy atom. The van der Waals surface area contributed by atoms with Crippen molar-refractivity contribution in [3.05, 3.63) is 28.8 Å². The summed E-state index contributed by atoms with van der Waals surface area (Å²) in [6.07, 6.45) is 2.77. The highest BCUT2D eigenvalue weighted by Crippen LogP contribution is 2.40. The summed E-state index contributed by atoms with van der Waals surface area (Å²) in [5.41, 5.74) is 0.285. The molecule has 3 N–H and O–H groups in total. The van der Waals surface area contributed by atoms with Gasteiger partial charge in [-0.05, 0) is 24.8 Å². The Hall–Kier alpha value is -1.76. The van der Waals surface area contributed by atoms with Crippen LogP contribution in [0, 0.1) is 5.92 Å². The van der Waals surface area contributed by atoms with Gasteiger partial charge in [-0.3, -0.25) is 9.36 Å². The first-order valence-electron chi connectivity index (χ1n) is 7.06. The number of aromatic amines is 1. The molecule has 2 aromatic rings. The van der Waals surface area contributed by atoms with E-state index in [2.05, 4.69) is 19.9 Å². The van der Waals surface area contributed by atoms with E-state index in [0.717, 1.165) is 11.2 Å². The van der Waals surface area contributed by atoms with Gasteiger partial charge in [0.25, 0.3) is 0 Å². The van der Waals surface area contributed by atoms with Crippen LogP contribution in [0.2, 0.25) is 0 Å². The van der Waals surface area contributed by atoms with Gasteiger partial charge in [-0.2, -0.15) is 0 Å². The van der Waals surface area contributed by atoms with Crippen LogP contribution in [-0.4, -0.2) is 44.0 Å². The molecule has 0 aromatic carbocycles. The van der Waals surface area contributed by atoms with E-state index in [-0.39, 0.29) is 17.6 Å². The second kappa shape index (κ2) is 5.79. The molecular formula is C13H17N4O4P. The molecule has 0 atom stereocenters. The molecule has 1 aliphatic heterocycles. The van der Waals surface area contributed by atoms with Gasteiger partial charge >= 0.3 is 7.60 Å². The normalized spacial score (nSPS) is 17.1. The van der Waals surface area contributed by atoms with Gasteiger partial charge in [-0.25, -0.2) is 9.97 Å². The van der Waals surface area contributed by atoms with Gasteiger partial charge in [0.1, 0.15) is 17.8 Å². The van der Waals surface area contributed by atoms with Gasteiger partial charge in [0.2, 0.25) is 5.56 Å². The third-order valence-corrected chi connectivity index (χ3v) is 4.91. The van der Waals surface area contributed by atoms with Gasteiger partial charge in [0.15, 0.2) is 0 Å². The minimum absolute atomic E-state index is 0.0324. The van der Waals surface area contributed by atoms with Crippen LogP contribution in [0.3, 0.4) is 0 Å². The van der Waals surface area contributed by atoms with Gasteiger partial charge in [-0.15, -0.1) is 0 Å². The number of pyridine rings is 1. The monoisotopic (exact) mass is 324 g/mol. The highest BCUT2D eigenvalue weighted by atomic mass is 31.2. The number of nitrogens with one attached hydrogen (secondary N) is 1. The molecular weight excluding hydrogens is 307 g/mol. The average Bonchev–Trinajstić information content (AvgIpc) is 2.45. The van der Waals surface area contributed by atoms with E-state index in [0.29, 0.717) is 31.6 Å². The lowest BCUT2D eigenvalue weighted by Crippen LogP contribution is -2.35. The number of fused-ring (bicyclic) bond motifs is 1. The molecule has 0 bridgehead atoms. The standard InChI is InChI=1S/C13H17N4O4P/c18-11-2-1-10-12(16-11)14-8-15-13(10)17-5-3-9(4-6-17)7-22(19,20)21/h1-2,8-9H,3-7H2,(H2,19,20,21)(H,14,15,16,18). The molecule has 1 aliphatic rings. The number of hydrogen-bond acceptors (Lipinski definition) is 5. The fourth-order valence-electron chi connectivity index (χ4n) is 2.87. The number of rotatable bonds is 3. The zero-order chi connectivity index (χ0) is 15.7. The van der Waals surface area contributed by atoms with Gasteiger partial charge in [0, 0.05) is 19.2 Å². The lowest BCUT2D eigenvalue weighted by Gasteiger charge is -2.33. The predicted molar refractivity (Wildman–Crippen MR) is 82.0 cm³/mol. The molecule has 0 saturated carbocycles. The van der Waals surface area contributed by atoms with E-state index in [1.54, 1.807) is 6.07 Å². The van der Waals surface area contributed by atoms with Gasteiger partial charge in [-0.1, -0.05) is 0 Å². The Morgan fingerprint density at radius 2 is 2.00 bits per heavy atom. The average molecular weight is 324 g/mol. The zero-order valence-electron chi connectivity index (χ0n) is 11.8. The summed E-state index contributed by atoms with van der Waals surface area (Å²) < 4.78 is 11.1. The highest BCUT2D eigenvalue weighted by Gasteiger charge is 2.27. The van der Waals surface area contributed by atoms with Crippen molar-refractivity contribution in [3.63, 3.8) is 0 Å². The first-order valence-corrected chi connectivity index (χ1v) is 8.86.